The quantitative estimate of drug-likeness (QED) is 0.366. The summed E-state index contributed by atoms with van der Waals surface area (Å²) in [6.07, 6.45) is 11.0. The van der Waals surface area contributed by atoms with Gasteiger partial charge < -0.3 is 10.6 Å². The number of rotatable bonds is 12. The molecule has 0 amide bonds. The molecule has 3 N–H and O–H groups in total. The van der Waals surface area contributed by atoms with Crippen molar-refractivity contribution in [2.45, 2.75) is 62.3 Å². The van der Waals surface area contributed by atoms with Gasteiger partial charge in [-0.05, 0) is 44.4 Å². The lowest BCUT2D eigenvalue weighted by Crippen LogP contribution is -2.20. The minimum Gasteiger partial charge on any atom is -0.384 e. The highest BCUT2D eigenvalue weighted by atomic mass is 35.5. The largest absolute Gasteiger partial charge is 0.384 e. The lowest BCUT2D eigenvalue weighted by atomic mass is 10.1. The zero-order valence-corrected chi connectivity index (χ0v) is 19.2. The van der Waals surface area contributed by atoms with Gasteiger partial charge in [-0.15, -0.1) is 11.3 Å². The Morgan fingerprint density at radius 1 is 1.23 bits per heavy atom. The minimum atomic E-state index is -4.09. The molecule has 0 aliphatic carbocycles. The first-order chi connectivity index (χ1) is 14.5. The van der Waals surface area contributed by atoms with E-state index >= 15 is 0 Å². The van der Waals surface area contributed by atoms with E-state index in [9.17, 15) is 12.8 Å². The van der Waals surface area contributed by atoms with Crippen LogP contribution in [0, 0.1) is 5.82 Å². The summed E-state index contributed by atoms with van der Waals surface area (Å²) in [5, 5.41) is 8.59. The van der Waals surface area contributed by atoms with E-state index in [0.717, 1.165) is 42.9 Å². The normalized spacial score (nSPS) is 16.7. The molecule has 166 valence electrons. The first kappa shape index (κ1) is 23.2. The van der Waals surface area contributed by atoms with Gasteiger partial charge in [0.1, 0.15) is 10.7 Å². The molecule has 0 bridgehead atoms. The van der Waals surface area contributed by atoms with E-state index in [1.165, 1.54) is 44.7 Å². The van der Waals surface area contributed by atoms with Crippen molar-refractivity contribution in [3.05, 3.63) is 34.5 Å². The van der Waals surface area contributed by atoms with Crippen LogP contribution in [0.4, 0.5) is 15.2 Å². The number of sulfonamides is 1. The molecular weight excluding hydrogens is 447 g/mol. The summed E-state index contributed by atoms with van der Waals surface area (Å²) in [6.45, 7) is 1.82. The monoisotopic (exact) mass is 474 g/mol. The summed E-state index contributed by atoms with van der Waals surface area (Å²) in [6, 6.07) is 2.98. The molecule has 1 aliphatic heterocycles. The first-order valence-corrected chi connectivity index (χ1v) is 13.1. The third-order valence-corrected chi connectivity index (χ3v) is 7.66. The number of hydrogen-bond donors (Lipinski definition) is 3. The third kappa shape index (κ3) is 6.80. The molecule has 2 aromatic rings. The lowest BCUT2D eigenvalue weighted by Gasteiger charge is -2.12. The number of anilines is 2. The number of nitrogens with zero attached hydrogens (tertiary/aromatic N) is 1. The van der Waals surface area contributed by atoms with Crippen LogP contribution in [0.15, 0.2) is 28.6 Å². The van der Waals surface area contributed by atoms with Crippen molar-refractivity contribution >= 4 is 43.8 Å². The molecule has 1 fully saturated rings. The molecule has 1 aromatic carbocycles. The van der Waals surface area contributed by atoms with Crippen LogP contribution in [0.3, 0.4) is 0 Å². The Morgan fingerprint density at radius 2 is 2.03 bits per heavy atom. The summed E-state index contributed by atoms with van der Waals surface area (Å²) < 4.78 is 41.5. The Balaban J connectivity index is 1.41. The summed E-state index contributed by atoms with van der Waals surface area (Å²) in [7, 11) is -4.09. The maximum atomic E-state index is 14.5. The van der Waals surface area contributed by atoms with Crippen LogP contribution in [-0.4, -0.2) is 32.5 Å². The average Bonchev–Trinajstić information content (AvgIpc) is 3.40. The number of halogens is 2. The van der Waals surface area contributed by atoms with Gasteiger partial charge in [-0.1, -0.05) is 37.3 Å². The number of unbranched alkanes of at least 4 members (excludes halogenated alkanes) is 4. The van der Waals surface area contributed by atoms with Gasteiger partial charge in [0.25, 0.3) is 10.0 Å². The molecule has 1 aromatic heterocycles. The molecule has 0 unspecified atom stereocenters. The second kappa shape index (κ2) is 11.3. The molecule has 30 heavy (non-hydrogen) atoms. The molecular formula is C20H28ClFN4O2S2. The minimum absolute atomic E-state index is 0.167. The number of benzene rings is 1. The van der Waals surface area contributed by atoms with Gasteiger partial charge in [0.15, 0.2) is 5.13 Å². The fourth-order valence-corrected chi connectivity index (χ4v) is 5.76. The van der Waals surface area contributed by atoms with Crippen LogP contribution in [0.1, 0.15) is 51.4 Å². The smallest absolute Gasteiger partial charge is 0.266 e. The van der Waals surface area contributed by atoms with Gasteiger partial charge in [-0.25, -0.2) is 17.8 Å². The van der Waals surface area contributed by atoms with E-state index < -0.39 is 20.7 Å². The van der Waals surface area contributed by atoms with Crippen LogP contribution in [0.2, 0.25) is 5.02 Å². The molecule has 0 radical (unpaired) electrons. The molecule has 0 saturated carbocycles. The van der Waals surface area contributed by atoms with Crippen molar-refractivity contribution in [2.24, 2.45) is 0 Å². The second-order valence-electron chi connectivity index (χ2n) is 7.48. The maximum absolute atomic E-state index is 14.5. The zero-order chi connectivity index (χ0) is 21.4. The Morgan fingerprint density at radius 3 is 2.77 bits per heavy atom. The fourth-order valence-electron chi connectivity index (χ4n) is 3.59. The van der Waals surface area contributed by atoms with Gasteiger partial charge >= 0.3 is 0 Å². The van der Waals surface area contributed by atoms with E-state index in [-0.39, 0.29) is 10.2 Å². The summed E-state index contributed by atoms with van der Waals surface area (Å²) in [4.78, 5) is 3.35. The van der Waals surface area contributed by atoms with Crippen LogP contribution >= 0.6 is 22.9 Å². The van der Waals surface area contributed by atoms with Crippen molar-refractivity contribution in [2.75, 3.05) is 23.1 Å². The van der Waals surface area contributed by atoms with Crippen LogP contribution in [0.25, 0.3) is 0 Å². The van der Waals surface area contributed by atoms with Gasteiger partial charge in [0.05, 0.1) is 10.7 Å². The Labute approximate surface area is 186 Å². The van der Waals surface area contributed by atoms with Gasteiger partial charge in [-0.2, -0.15) is 0 Å². The summed E-state index contributed by atoms with van der Waals surface area (Å²) in [5.74, 6) is -0.855. The number of nitrogens with one attached hydrogen (secondary N) is 3. The van der Waals surface area contributed by atoms with Crippen molar-refractivity contribution in [3.8, 4) is 0 Å². The highest BCUT2D eigenvalue weighted by Crippen LogP contribution is 2.29. The Bertz CT molecular complexity index is 904. The number of thiazole rings is 1. The molecule has 10 heteroatoms. The summed E-state index contributed by atoms with van der Waals surface area (Å²) >= 11 is 7.30. The molecule has 1 atom stereocenters. The lowest BCUT2D eigenvalue weighted by molar-refractivity contribution is 0.507. The molecule has 3 rings (SSSR count). The Hall–Kier alpha value is -1.42. The average molecular weight is 475 g/mol. The van der Waals surface area contributed by atoms with E-state index in [4.69, 9.17) is 11.6 Å². The topological polar surface area (TPSA) is 83.1 Å². The van der Waals surface area contributed by atoms with Crippen molar-refractivity contribution in [1.82, 2.24) is 10.3 Å². The molecule has 1 aliphatic rings. The van der Waals surface area contributed by atoms with Crippen molar-refractivity contribution in [1.29, 1.82) is 0 Å². The van der Waals surface area contributed by atoms with E-state index in [1.54, 1.807) is 5.38 Å². The zero-order valence-electron chi connectivity index (χ0n) is 16.8. The number of hydrogen-bond acceptors (Lipinski definition) is 6. The van der Waals surface area contributed by atoms with Gasteiger partial charge in [0.2, 0.25) is 0 Å². The van der Waals surface area contributed by atoms with Crippen molar-refractivity contribution < 1.29 is 12.8 Å². The fraction of sp³-hybridized carbons (Fsp3) is 0.550. The molecule has 6 nitrogen and oxygen atoms in total. The van der Waals surface area contributed by atoms with Gasteiger partial charge in [0, 0.05) is 24.2 Å². The van der Waals surface area contributed by atoms with E-state index in [0.29, 0.717) is 18.3 Å². The number of aromatic nitrogens is 1. The molecule has 0 spiro atoms. The van der Waals surface area contributed by atoms with Crippen LogP contribution in [0.5, 0.6) is 0 Å². The maximum Gasteiger partial charge on any atom is 0.266 e. The highest BCUT2D eigenvalue weighted by molar-refractivity contribution is 7.93. The van der Waals surface area contributed by atoms with E-state index in [2.05, 4.69) is 20.3 Å². The van der Waals surface area contributed by atoms with Crippen molar-refractivity contribution in [3.63, 3.8) is 0 Å². The van der Waals surface area contributed by atoms with E-state index in [1.807, 2.05) is 0 Å². The third-order valence-electron chi connectivity index (χ3n) is 5.17. The highest BCUT2D eigenvalue weighted by Gasteiger charge is 2.22. The second-order valence-corrected chi connectivity index (χ2v) is 10.4. The molecule has 1 saturated heterocycles. The standard InChI is InChI=1S/C20H28ClFN4O2S2/c21-16-13-19(30(27,28)26-20-25-11-12-29-20)17(22)14-18(16)24-9-5-3-1-2-4-7-15-8-6-10-23-15/h11-15,23-24H,1-10H2,(H,25,26)/t15-/m0/s1. The predicted octanol–water partition coefficient (Wildman–Crippen LogP) is 5.24. The summed E-state index contributed by atoms with van der Waals surface area (Å²) in [5.41, 5.74) is 0.398. The predicted molar refractivity (Wildman–Crippen MR) is 122 cm³/mol. The van der Waals surface area contributed by atoms with Crippen LogP contribution < -0.4 is 15.4 Å². The first-order valence-electron chi connectivity index (χ1n) is 10.3. The molecule has 2 heterocycles. The Kier molecular flexibility index (Phi) is 8.73. The van der Waals surface area contributed by atoms with Crippen LogP contribution in [-0.2, 0) is 10.0 Å². The SMILES string of the molecule is O=S(=O)(Nc1nccs1)c1cc(Cl)c(NCCCCCCC[C@H]2CCCN2)cc1F. The van der Waals surface area contributed by atoms with Gasteiger partial charge in [-0.3, -0.25) is 4.72 Å².